The Labute approximate surface area is 157 Å². The second-order valence-corrected chi connectivity index (χ2v) is 6.41. The summed E-state index contributed by atoms with van der Waals surface area (Å²) in [6, 6.07) is 9.56. The molecule has 3 aromatic rings. The number of aryl methyl sites for hydroxylation is 2. The highest BCUT2D eigenvalue weighted by Gasteiger charge is 2.22. The summed E-state index contributed by atoms with van der Waals surface area (Å²) in [5, 5.41) is 13.9. The molecule has 0 aliphatic heterocycles. The Kier molecular flexibility index (Phi) is 5.07. The molecule has 2 aromatic heterocycles. The van der Waals surface area contributed by atoms with Crippen molar-refractivity contribution in [1.29, 1.82) is 0 Å². The average molecular weight is 366 g/mol. The first-order chi connectivity index (χ1) is 12.9. The Bertz CT molecular complexity index is 969. The third-order valence-electron chi connectivity index (χ3n) is 4.17. The average Bonchev–Trinajstić information content (AvgIpc) is 3.28. The maximum absolute atomic E-state index is 12.6. The summed E-state index contributed by atoms with van der Waals surface area (Å²) in [5.41, 5.74) is 3.75. The van der Waals surface area contributed by atoms with Gasteiger partial charge in [-0.25, -0.2) is 0 Å². The predicted molar refractivity (Wildman–Crippen MR) is 103 cm³/mol. The van der Waals surface area contributed by atoms with E-state index in [0.717, 1.165) is 11.1 Å². The first kappa shape index (κ1) is 18.4. The van der Waals surface area contributed by atoms with Crippen molar-refractivity contribution in [2.45, 2.75) is 20.4 Å². The summed E-state index contributed by atoms with van der Waals surface area (Å²) in [6.45, 7) is 4.41. The molecule has 8 nitrogen and oxygen atoms in total. The lowest BCUT2D eigenvalue weighted by Crippen LogP contribution is -2.26. The van der Waals surface area contributed by atoms with Gasteiger partial charge in [0.05, 0.1) is 17.6 Å². The molecular formula is C19H22N6O2. The number of anilines is 1. The minimum absolute atomic E-state index is 0.227. The number of aromatic nitrogens is 4. The van der Waals surface area contributed by atoms with Crippen LogP contribution in [0.4, 0.5) is 5.69 Å². The molecule has 0 radical (unpaired) electrons. The fraction of sp³-hybridized carbons (Fsp3) is 0.263. The van der Waals surface area contributed by atoms with Crippen LogP contribution >= 0.6 is 0 Å². The van der Waals surface area contributed by atoms with Crippen LogP contribution in [0.5, 0.6) is 0 Å². The summed E-state index contributed by atoms with van der Waals surface area (Å²) in [5.74, 6) is -0.612. The van der Waals surface area contributed by atoms with E-state index in [2.05, 4.69) is 20.6 Å². The van der Waals surface area contributed by atoms with E-state index in [1.165, 1.54) is 11.1 Å². The van der Waals surface area contributed by atoms with Gasteiger partial charge in [0.2, 0.25) is 0 Å². The summed E-state index contributed by atoms with van der Waals surface area (Å²) in [6.07, 6.45) is 1.48. The normalized spacial score (nSPS) is 10.7. The van der Waals surface area contributed by atoms with E-state index in [1.807, 2.05) is 38.1 Å². The number of rotatable bonds is 5. The first-order valence-corrected chi connectivity index (χ1v) is 8.62. The molecule has 2 amide bonds. The van der Waals surface area contributed by atoms with Gasteiger partial charge in [-0.15, -0.1) is 0 Å². The summed E-state index contributed by atoms with van der Waals surface area (Å²) >= 11 is 0. The van der Waals surface area contributed by atoms with E-state index < -0.39 is 0 Å². The molecule has 0 unspecified atom stereocenters. The molecule has 0 aliphatic rings. The number of aromatic amines is 1. The lowest BCUT2D eigenvalue weighted by atomic mass is 10.1. The molecule has 0 saturated carbocycles. The van der Waals surface area contributed by atoms with Gasteiger partial charge in [-0.3, -0.25) is 19.4 Å². The molecule has 140 valence electrons. The highest BCUT2D eigenvalue weighted by atomic mass is 16.2. The molecule has 0 fully saturated rings. The lowest BCUT2D eigenvalue weighted by Gasteiger charge is -2.13. The molecule has 3 rings (SSSR count). The zero-order valence-corrected chi connectivity index (χ0v) is 15.8. The molecule has 2 heterocycles. The largest absolute Gasteiger partial charge is 0.343 e. The first-order valence-electron chi connectivity index (χ1n) is 8.62. The smallest absolute Gasteiger partial charge is 0.273 e. The van der Waals surface area contributed by atoms with Crippen LogP contribution in [-0.2, 0) is 6.54 Å². The lowest BCUT2D eigenvalue weighted by molar-refractivity contribution is 0.0816. The molecular weight excluding hydrogens is 344 g/mol. The third-order valence-corrected chi connectivity index (χ3v) is 4.17. The standard InChI is InChI=1S/C19H22N6O2/c1-5-25-17(19(27)24(3)4)16(11-20-25)21-18(26)15-10-14(22-23-15)13-8-6-12(2)7-9-13/h6-11H,5H2,1-4H3,(H,21,26)(H,22,23). The Morgan fingerprint density at radius 1 is 1.22 bits per heavy atom. The monoisotopic (exact) mass is 366 g/mol. The highest BCUT2D eigenvalue weighted by Crippen LogP contribution is 2.20. The molecule has 0 atom stereocenters. The van der Waals surface area contributed by atoms with Crippen LogP contribution in [0.25, 0.3) is 11.3 Å². The van der Waals surface area contributed by atoms with E-state index in [-0.39, 0.29) is 11.8 Å². The van der Waals surface area contributed by atoms with E-state index >= 15 is 0 Å². The number of hydrogen-bond acceptors (Lipinski definition) is 4. The van der Waals surface area contributed by atoms with Gasteiger partial charge in [-0.05, 0) is 19.9 Å². The number of hydrogen-bond donors (Lipinski definition) is 2. The highest BCUT2D eigenvalue weighted by molar-refractivity contribution is 6.07. The molecule has 2 N–H and O–H groups in total. The van der Waals surface area contributed by atoms with Crippen LogP contribution in [0.3, 0.4) is 0 Å². The molecule has 0 spiro atoms. The Morgan fingerprint density at radius 3 is 2.56 bits per heavy atom. The third kappa shape index (κ3) is 3.74. The minimum atomic E-state index is -0.385. The van der Waals surface area contributed by atoms with Gasteiger partial charge >= 0.3 is 0 Å². The summed E-state index contributed by atoms with van der Waals surface area (Å²) < 4.78 is 1.56. The van der Waals surface area contributed by atoms with Crippen molar-refractivity contribution in [3.05, 3.63) is 53.5 Å². The summed E-state index contributed by atoms with van der Waals surface area (Å²) in [7, 11) is 3.31. The van der Waals surface area contributed by atoms with Crippen molar-refractivity contribution in [3.63, 3.8) is 0 Å². The number of carbonyl (C=O) groups excluding carboxylic acids is 2. The van der Waals surface area contributed by atoms with E-state index in [9.17, 15) is 9.59 Å². The van der Waals surface area contributed by atoms with Crippen LogP contribution < -0.4 is 5.32 Å². The van der Waals surface area contributed by atoms with Crippen molar-refractivity contribution in [3.8, 4) is 11.3 Å². The predicted octanol–water partition coefficient (Wildman–Crippen LogP) is 2.56. The van der Waals surface area contributed by atoms with Crippen molar-refractivity contribution in [2.75, 3.05) is 19.4 Å². The van der Waals surface area contributed by atoms with Crippen LogP contribution in [0.1, 0.15) is 33.5 Å². The van der Waals surface area contributed by atoms with Crippen molar-refractivity contribution in [1.82, 2.24) is 24.9 Å². The van der Waals surface area contributed by atoms with E-state index in [0.29, 0.717) is 29.3 Å². The second-order valence-electron chi connectivity index (χ2n) is 6.41. The van der Waals surface area contributed by atoms with Gasteiger partial charge in [0.1, 0.15) is 11.4 Å². The van der Waals surface area contributed by atoms with Gasteiger partial charge < -0.3 is 10.2 Å². The molecule has 0 saturated heterocycles. The van der Waals surface area contributed by atoms with E-state index in [4.69, 9.17) is 0 Å². The number of amides is 2. The van der Waals surface area contributed by atoms with Crippen molar-refractivity contribution < 1.29 is 9.59 Å². The summed E-state index contributed by atoms with van der Waals surface area (Å²) in [4.78, 5) is 26.5. The molecule has 27 heavy (non-hydrogen) atoms. The van der Waals surface area contributed by atoms with Crippen LogP contribution in [0, 0.1) is 6.92 Å². The number of nitrogens with one attached hydrogen (secondary N) is 2. The number of H-pyrrole nitrogens is 1. The zero-order valence-electron chi connectivity index (χ0n) is 15.8. The van der Waals surface area contributed by atoms with Crippen LogP contribution in [0.2, 0.25) is 0 Å². The van der Waals surface area contributed by atoms with Gasteiger partial charge in [-0.2, -0.15) is 10.2 Å². The molecule has 8 heteroatoms. The SMILES string of the molecule is CCn1ncc(NC(=O)c2cc(-c3ccc(C)cc3)n[nH]2)c1C(=O)N(C)C. The number of nitrogens with zero attached hydrogens (tertiary/aromatic N) is 4. The van der Waals surface area contributed by atoms with Gasteiger partial charge in [0.15, 0.2) is 0 Å². The van der Waals surface area contributed by atoms with Crippen LogP contribution in [-0.4, -0.2) is 50.8 Å². The maximum atomic E-state index is 12.6. The maximum Gasteiger partial charge on any atom is 0.273 e. The fourth-order valence-electron chi connectivity index (χ4n) is 2.65. The Morgan fingerprint density at radius 2 is 1.93 bits per heavy atom. The van der Waals surface area contributed by atoms with E-state index in [1.54, 1.807) is 24.8 Å². The zero-order chi connectivity index (χ0) is 19.6. The fourth-order valence-corrected chi connectivity index (χ4v) is 2.65. The minimum Gasteiger partial charge on any atom is -0.343 e. The number of benzene rings is 1. The second kappa shape index (κ2) is 7.45. The topological polar surface area (TPSA) is 95.9 Å². The Balaban J connectivity index is 1.83. The quantitative estimate of drug-likeness (QED) is 0.725. The van der Waals surface area contributed by atoms with Crippen molar-refractivity contribution >= 4 is 17.5 Å². The van der Waals surface area contributed by atoms with Gasteiger partial charge in [-0.1, -0.05) is 29.8 Å². The van der Waals surface area contributed by atoms with Gasteiger partial charge in [0, 0.05) is 26.2 Å². The molecule has 1 aromatic carbocycles. The van der Waals surface area contributed by atoms with Crippen molar-refractivity contribution in [2.24, 2.45) is 0 Å². The van der Waals surface area contributed by atoms with Gasteiger partial charge in [0.25, 0.3) is 11.8 Å². The Hall–Kier alpha value is -3.42. The molecule has 0 aliphatic carbocycles. The molecule has 0 bridgehead atoms. The van der Waals surface area contributed by atoms with Crippen LogP contribution in [0.15, 0.2) is 36.5 Å². The number of carbonyl (C=O) groups is 2.